The van der Waals surface area contributed by atoms with E-state index in [1.807, 2.05) is 0 Å². The molecule has 1 aliphatic heterocycles. The van der Waals surface area contributed by atoms with Gasteiger partial charge in [-0.1, -0.05) is 30.3 Å². The van der Waals surface area contributed by atoms with Crippen molar-refractivity contribution in [3.63, 3.8) is 0 Å². The smallest absolute Gasteiger partial charge is 0.443 e. The minimum absolute atomic E-state index is 0.00751. The summed E-state index contributed by atoms with van der Waals surface area (Å²) in [5.41, 5.74) is -11.9. The van der Waals surface area contributed by atoms with Gasteiger partial charge in [0.25, 0.3) is 17.3 Å². The zero-order chi connectivity index (χ0) is 35.1. The highest BCUT2D eigenvalue weighted by atomic mass is 19.4. The number of rotatable bonds is 8. The van der Waals surface area contributed by atoms with Crippen LogP contribution in [0.25, 0.3) is 0 Å². The average Bonchev–Trinajstić information content (AvgIpc) is 3.69. The van der Waals surface area contributed by atoms with Crippen molar-refractivity contribution in [1.29, 1.82) is 0 Å². The van der Waals surface area contributed by atoms with Gasteiger partial charge in [-0.15, -0.1) is 0 Å². The van der Waals surface area contributed by atoms with Gasteiger partial charge in [0, 0.05) is 6.54 Å². The van der Waals surface area contributed by atoms with E-state index in [-0.39, 0.29) is 5.56 Å². The number of hydrogen-bond donors (Lipinski definition) is 2. The van der Waals surface area contributed by atoms with Gasteiger partial charge in [-0.25, -0.2) is 4.99 Å². The zero-order valence-corrected chi connectivity index (χ0v) is 22.6. The van der Waals surface area contributed by atoms with Crippen LogP contribution in [0.4, 0.5) is 52.7 Å². The van der Waals surface area contributed by atoms with Gasteiger partial charge in [0.15, 0.2) is 17.4 Å². The molecule has 0 radical (unpaired) electrons. The van der Waals surface area contributed by atoms with E-state index in [2.05, 4.69) is 23.6 Å². The number of hydrogen-bond acceptors (Lipinski definition) is 7. The third-order valence-corrected chi connectivity index (χ3v) is 6.46. The maximum absolute atomic E-state index is 14.9. The molecule has 21 heteroatoms. The van der Waals surface area contributed by atoms with E-state index in [1.54, 1.807) is 5.32 Å². The number of carbonyl (C=O) groups is 2. The predicted octanol–water partition coefficient (Wildman–Crippen LogP) is 6.09. The molecular formula is C26H16F12N4O5. The minimum Gasteiger partial charge on any atom is -0.459 e. The second-order valence-corrected chi connectivity index (χ2v) is 9.49. The van der Waals surface area contributed by atoms with Crippen LogP contribution in [-0.4, -0.2) is 59.5 Å². The highest BCUT2D eigenvalue weighted by Gasteiger charge is 2.80. The van der Waals surface area contributed by atoms with Gasteiger partial charge in [-0.05, 0) is 29.8 Å². The van der Waals surface area contributed by atoms with E-state index in [0.717, 1.165) is 12.1 Å². The Kier molecular flexibility index (Phi) is 8.90. The van der Waals surface area contributed by atoms with Crippen LogP contribution in [0.3, 0.4) is 0 Å². The first-order valence-corrected chi connectivity index (χ1v) is 12.5. The maximum atomic E-state index is 14.9. The lowest BCUT2D eigenvalue weighted by molar-refractivity contribution is -0.312. The van der Waals surface area contributed by atoms with Crippen LogP contribution in [0.2, 0.25) is 0 Å². The van der Waals surface area contributed by atoms with Gasteiger partial charge in [0.1, 0.15) is 0 Å². The van der Waals surface area contributed by atoms with Crippen molar-refractivity contribution in [1.82, 2.24) is 10.6 Å². The van der Waals surface area contributed by atoms with Crippen LogP contribution >= 0.6 is 0 Å². The van der Waals surface area contributed by atoms with Gasteiger partial charge in [-0.2, -0.15) is 57.7 Å². The Morgan fingerprint density at radius 1 is 0.745 bits per heavy atom. The van der Waals surface area contributed by atoms with Gasteiger partial charge in [0.05, 0.1) is 12.5 Å². The number of aliphatic imine (C=N–C) groups is 2. The Morgan fingerprint density at radius 3 is 1.81 bits per heavy atom. The number of furan rings is 2. The molecule has 0 aliphatic carbocycles. The van der Waals surface area contributed by atoms with Crippen molar-refractivity contribution in [3.8, 4) is 0 Å². The fraction of sp³-hybridized carbons (Fsp3) is 0.308. The number of ether oxygens (including phenoxy) is 1. The number of amides is 2. The molecule has 1 atom stereocenters. The summed E-state index contributed by atoms with van der Waals surface area (Å²) in [4.78, 5) is 30.6. The molecule has 9 nitrogen and oxygen atoms in total. The lowest BCUT2D eigenvalue weighted by Crippen LogP contribution is -2.75. The van der Waals surface area contributed by atoms with Crippen LogP contribution in [0, 0.1) is 5.92 Å². The Morgan fingerprint density at radius 2 is 1.32 bits per heavy atom. The number of benzene rings is 1. The fourth-order valence-electron chi connectivity index (χ4n) is 4.25. The third-order valence-electron chi connectivity index (χ3n) is 6.46. The zero-order valence-electron chi connectivity index (χ0n) is 22.6. The molecule has 0 spiro atoms. The summed E-state index contributed by atoms with van der Waals surface area (Å²) in [6.45, 7) is -0.913. The van der Waals surface area contributed by atoms with Crippen molar-refractivity contribution >= 4 is 23.6 Å². The van der Waals surface area contributed by atoms with Crippen molar-refractivity contribution in [3.05, 3.63) is 84.2 Å². The molecule has 2 aromatic heterocycles. The molecule has 254 valence electrons. The number of halogens is 12. The normalized spacial score (nSPS) is 16.4. The SMILES string of the molecule is O=C(NC(C(C(=O)NCc1ccccc1)C1=NC(C(F)(F)F)(C(F)(F)F)N=C(c2ccco2)O1)(C(F)(F)F)C(F)(F)F)c1ccco1. The average molecular weight is 692 g/mol. The van der Waals surface area contributed by atoms with Crippen LogP contribution in [0.5, 0.6) is 0 Å². The Labute approximate surface area is 253 Å². The summed E-state index contributed by atoms with van der Waals surface area (Å²) in [5, 5.41) is 2.12. The topological polar surface area (TPSA) is 118 Å². The molecule has 1 aromatic carbocycles. The quantitative estimate of drug-likeness (QED) is 0.277. The van der Waals surface area contributed by atoms with E-state index in [1.165, 1.54) is 30.3 Å². The first-order valence-electron chi connectivity index (χ1n) is 12.5. The summed E-state index contributed by atoms with van der Waals surface area (Å²) in [5.74, 6) is -16.3. The lowest BCUT2D eigenvalue weighted by Gasteiger charge is -2.43. The summed E-state index contributed by atoms with van der Waals surface area (Å²) in [7, 11) is 0. The summed E-state index contributed by atoms with van der Waals surface area (Å²) in [6.07, 6.45) is -26.0. The molecule has 3 heterocycles. The number of carbonyl (C=O) groups excluding carboxylic acids is 2. The second kappa shape index (κ2) is 12.0. The van der Waals surface area contributed by atoms with Gasteiger partial charge in [0.2, 0.25) is 11.8 Å². The van der Waals surface area contributed by atoms with E-state index in [9.17, 15) is 62.3 Å². The first-order chi connectivity index (χ1) is 21.6. The fourth-order valence-corrected chi connectivity index (χ4v) is 4.25. The van der Waals surface area contributed by atoms with E-state index >= 15 is 0 Å². The van der Waals surface area contributed by atoms with E-state index in [4.69, 9.17) is 0 Å². The van der Waals surface area contributed by atoms with Gasteiger partial charge in [-0.3, -0.25) is 9.59 Å². The summed E-state index contributed by atoms with van der Waals surface area (Å²) >= 11 is 0. The van der Waals surface area contributed by atoms with Gasteiger partial charge >= 0.3 is 30.4 Å². The largest absolute Gasteiger partial charge is 0.459 e. The molecule has 0 bridgehead atoms. The molecule has 2 N–H and O–H groups in total. The number of nitrogens with zero attached hydrogens (tertiary/aromatic N) is 2. The van der Waals surface area contributed by atoms with Crippen molar-refractivity contribution in [2.24, 2.45) is 15.9 Å². The molecule has 2 amide bonds. The highest BCUT2D eigenvalue weighted by Crippen LogP contribution is 2.53. The van der Waals surface area contributed by atoms with Crippen molar-refractivity contribution in [2.45, 2.75) is 42.5 Å². The Hall–Kier alpha value is -4.98. The molecule has 4 rings (SSSR count). The predicted molar refractivity (Wildman–Crippen MR) is 131 cm³/mol. The van der Waals surface area contributed by atoms with Crippen LogP contribution < -0.4 is 10.6 Å². The Balaban J connectivity index is 2.06. The first kappa shape index (κ1) is 34.9. The monoisotopic (exact) mass is 692 g/mol. The highest BCUT2D eigenvalue weighted by molar-refractivity contribution is 6.10. The molecule has 1 aliphatic rings. The van der Waals surface area contributed by atoms with E-state index in [0.29, 0.717) is 30.0 Å². The minimum atomic E-state index is -6.92. The van der Waals surface area contributed by atoms with Gasteiger partial charge < -0.3 is 24.2 Å². The van der Waals surface area contributed by atoms with Crippen LogP contribution in [0.15, 0.2) is 85.9 Å². The molecule has 0 saturated heterocycles. The Bertz CT molecular complexity index is 1600. The van der Waals surface area contributed by atoms with Crippen molar-refractivity contribution in [2.75, 3.05) is 0 Å². The lowest BCUT2D eigenvalue weighted by atomic mass is 9.80. The molecular weight excluding hydrogens is 676 g/mol. The molecule has 47 heavy (non-hydrogen) atoms. The molecule has 0 saturated carbocycles. The molecule has 1 unspecified atom stereocenters. The number of nitrogens with one attached hydrogen (secondary N) is 2. The second-order valence-electron chi connectivity index (χ2n) is 9.49. The van der Waals surface area contributed by atoms with Crippen LogP contribution in [-0.2, 0) is 16.1 Å². The summed E-state index contributed by atoms with van der Waals surface area (Å²) in [6, 6.07) is 9.36. The van der Waals surface area contributed by atoms with Crippen LogP contribution in [0.1, 0.15) is 21.9 Å². The molecule has 3 aromatic rings. The number of alkyl halides is 12. The van der Waals surface area contributed by atoms with E-state index < -0.39 is 83.5 Å². The maximum Gasteiger partial charge on any atom is 0.443 e. The third kappa shape index (κ3) is 6.37. The summed E-state index contributed by atoms with van der Waals surface area (Å²) < 4.78 is 188. The van der Waals surface area contributed by atoms with Crippen molar-refractivity contribution < 1.29 is 75.8 Å². The molecule has 0 fully saturated rings. The standard InChI is InChI=1S/C26H16F12N4O5/c27-23(28,29)21(24(30,31)32,40-17(43)14-8-4-10-45-14)16(18(44)39-12-13-6-2-1-3-7-13)20-42-22(25(33,34)35,26(36,37)38)41-19(47-20)15-9-5-11-46-15/h1-11,16H,12H2,(H,39,44)(H,40,43).